The number of aromatic nitrogens is 1. The molecule has 0 aliphatic carbocycles. The minimum atomic E-state index is -0.617. The standard InChI is InChI=1S/C16H14N2O4S2/c1-10(13-3-2-5-21-13)17-14(19)7-22-16(20)12-9-24-15(18-12)11-4-6-23-8-11/h2-6,8-10H,7H2,1H3,(H,17,19). The summed E-state index contributed by atoms with van der Waals surface area (Å²) in [6.45, 7) is 1.42. The van der Waals surface area contributed by atoms with Gasteiger partial charge in [-0.05, 0) is 30.5 Å². The molecule has 0 spiro atoms. The first kappa shape index (κ1) is 16.4. The van der Waals surface area contributed by atoms with Crippen LogP contribution in [-0.2, 0) is 9.53 Å². The number of carbonyl (C=O) groups excluding carboxylic acids is 2. The van der Waals surface area contributed by atoms with Crippen molar-refractivity contribution in [1.29, 1.82) is 0 Å². The van der Waals surface area contributed by atoms with Crippen molar-refractivity contribution in [1.82, 2.24) is 10.3 Å². The monoisotopic (exact) mass is 362 g/mol. The van der Waals surface area contributed by atoms with E-state index in [1.807, 2.05) is 16.8 Å². The summed E-state index contributed by atoms with van der Waals surface area (Å²) < 4.78 is 10.2. The van der Waals surface area contributed by atoms with Gasteiger partial charge in [-0.1, -0.05) is 0 Å². The molecule has 1 amide bonds. The lowest BCUT2D eigenvalue weighted by atomic mass is 10.2. The SMILES string of the molecule is CC(NC(=O)COC(=O)c1csc(-c2ccsc2)n1)c1ccco1. The molecule has 1 unspecified atom stereocenters. The lowest BCUT2D eigenvalue weighted by Gasteiger charge is -2.11. The summed E-state index contributed by atoms with van der Waals surface area (Å²) in [4.78, 5) is 28.0. The third-order valence-corrected chi connectivity index (χ3v) is 4.74. The molecular formula is C16H14N2O4S2. The number of ether oxygens (including phenoxy) is 1. The van der Waals surface area contributed by atoms with Crippen LogP contribution in [0, 0.1) is 0 Å². The zero-order valence-electron chi connectivity index (χ0n) is 12.7. The van der Waals surface area contributed by atoms with Gasteiger partial charge in [0.2, 0.25) is 0 Å². The molecular weight excluding hydrogens is 348 g/mol. The second kappa shape index (κ2) is 7.41. The predicted molar refractivity (Wildman–Crippen MR) is 91.0 cm³/mol. The summed E-state index contributed by atoms with van der Waals surface area (Å²) in [7, 11) is 0. The van der Waals surface area contributed by atoms with Crippen molar-refractivity contribution in [3.63, 3.8) is 0 Å². The molecule has 1 N–H and O–H groups in total. The van der Waals surface area contributed by atoms with Gasteiger partial charge >= 0.3 is 5.97 Å². The Labute approximate surface area is 146 Å². The fourth-order valence-corrected chi connectivity index (χ4v) is 3.48. The van der Waals surface area contributed by atoms with E-state index < -0.39 is 11.9 Å². The second-order valence-corrected chi connectivity index (χ2v) is 6.57. The van der Waals surface area contributed by atoms with Crippen LogP contribution >= 0.6 is 22.7 Å². The Morgan fingerprint density at radius 3 is 2.96 bits per heavy atom. The van der Waals surface area contributed by atoms with Gasteiger partial charge in [-0.2, -0.15) is 11.3 Å². The highest BCUT2D eigenvalue weighted by Gasteiger charge is 2.17. The zero-order chi connectivity index (χ0) is 16.9. The topological polar surface area (TPSA) is 81.4 Å². The number of furan rings is 1. The number of thiophene rings is 1. The smallest absolute Gasteiger partial charge is 0.358 e. The van der Waals surface area contributed by atoms with Crippen LogP contribution in [0.3, 0.4) is 0 Å². The van der Waals surface area contributed by atoms with Crippen LogP contribution in [0.2, 0.25) is 0 Å². The maximum atomic E-state index is 12.0. The molecule has 8 heteroatoms. The third-order valence-electron chi connectivity index (χ3n) is 3.16. The highest BCUT2D eigenvalue weighted by Crippen LogP contribution is 2.25. The number of nitrogens with zero attached hydrogens (tertiary/aromatic N) is 1. The van der Waals surface area contributed by atoms with E-state index in [9.17, 15) is 9.59 Å². The lowest BCUT2D eigenvalue weighted by molar-refractivity contribution is -0.125. The highest BCUT2D eigenvalue weighted by molar-refractivity contribution is 7.14. The van der Waals surface area contributed by atoms with Gasteiger partial charge in [0.1, 0.15) is 10.8 Å². The van der Waals surface area contributed by atoms with Crippen molar-refractivity contribution < 1.29 is 18.7 Å². The average molecular weight is 362 g/mol. The van der Waals surface area contributed by atoms with Crippen LogP contribution in [0.4, 0.5) is 0 Å². The molecule has 0 fully saturated rings. The second-order valence-electron chi connectivity index (χ2n) is 4.93. The van der Waals surface area contributed by atoms with Crippen molar-refractivity contribution in [2.24, 2.45) is 0 Å². The van der Waals surface area contributed by atoms with Crippen molar-refractivity contribution in [3.05, 3.63) is 52.1 Å². The van der Waals surface area contributed by atoms with Crippen LogP contribution in [0.1, 0.15) is 29.2 Å². The highest BCUT2D eigenvalue weighted by atomic mass is 32.1. The number of hydrogen-bond acceptors (Lipinski definition) is 7. The number of thiazole rings is 1. The Bertz CT molecular complexity index is 809. The molecule has 1 atom stereocenters. The Kier molecular flexibility index (Phi) is 5.07. The molecule has 3 aromatic rings. The van der Waals surface area contributed by atoms with E-state index in [1.165, 1.54) is 17.6 Å². The molecule has 0 aliphatic heterocycles. The lowest BCUT2D eigenvalue weighted by Crippen LogP contribution is -2.31. The quantitative estimate of drug-likeness (QED) is 0.679. The molecule has 0 aliphatic rings. The third kappa shape index (κ3) is 3.90. The maximum absolute atomic E-state index is 12.0. The number of esters is 1. The van der Waals surface area contributed by atoms with Gasteiger partial charge in [-0.3, -0.25) is 4.79 Å². The van der Waals surface area contributed by atoms with Gasteiger partial charge in [0.15, 0.2) is 12.3 Å². The number of amides is 1. The van der Waals surface area contributed by atoms with Crippen molar-refractivity contribution in [2.75, 3.05) is 6.61 Å². The van der Waals surface area contributed by atoms with Crippen LogP contribution in [0.25, 0.3) is 10.6 Å². The van der Waals surface area contributed by atoms with Crippen molar-refractivity contribution in [3.8, 4) is 10.6 Å². The van der Waals surface area contributed by atoms with Gasteiger partial charge in [0.05, 0.1) is 12.3 Å². The first-order valence-corrected chi connectivity index (χ1v) is 8.93. The van der Waals surface area contributed by atoms with Crippen LogP contribution < -0.4 is 5.32 Å². The van der Waals surface area contributed by atoms with Gasteiger partial charge < -0.3 is 14.5 Å². The average Bonchev–Trinajstić information content (AvgIpc) is 3.34. The largest absolute Gasteiger partial charge is 0.467 e. The van der Waals surface area contributed by atoms with E-state index in [0.717, 1.165) is 10.6 Å². The predicted octanol–water partition coefficient (Wildman–Crippen LogP) is 3.50. The fraction of sp³-hybridized carbons (Fsp3) is 0.188. The van der Waals surface area contributed by atoms with E-state index in [0.29, 0.717) is 5.76 Å². The van der Waals surface area contributed by atoms with Crippen LogP contribution in [-0.4, -0.2) is 23.5 Å². The summed E-state index contributed by atoms with van der Waals surface area (Å²) >= 11 is 2.92. The molecule has 3 heterocycles. The van der Waals surface area contributed by atoms with Crippen molar-refractivity contribution in [2.45, 2.75) is 13.0 Å². The van der Waals surface area contributed by atoms with Gasteiger partial charge in [0, 0.05) is 16.3 Å². The summed E-state index contributed by atoms with van der Waals surface area (Å²) in [5.41, 5.74) is 1.17. The molecule has 0 radical (unpaired) electrons. The van der Waals surface area contributed by atoms with Gasteiger partial charge in [-0.25, -0.2) is 9.78 Å². The molecule has 0 saturated heterocycles. The Morgan fingerprint density at radius 1 is 1.38 bits per heavy atom. The summed E-state index contributed by atoms with van der Waals surface area (Å²) in [6, 6.07) is 5.14. The van der Waals surface area contributed by atoms with Crippen molar-refractivity contribution >= 4 is 34.6 Å². The molecule has 0 bridgehead atoms. The molecule has 0 saturated carbocycles. The number of carbonyl (C=O) groups is 2. The van der Waals surface area contributed by atoms with E-state index >= 15 is 0 Å². The van der Waals surface area contributed by atoms with Crippen LogP contribution in [0.15, 0.2) is 45.0 Å². The number of nitrogens with one attached hydrogen (secondary N) is 1. The van der Waals surface area contributed by atoms with E-state index in [4.69, 9.17) is 9.15 Å². The number of hydrogen-bond donors (Lipinski definition) is 1. The van der Waals surface area contributed by atoms with E-state index in [1.54, 1.807) is 35.8 Å². The number of rotatable bonds is 6. The molecule has 3 rings (SSSR count). The summed E-state index contributed by atoms with van der Waals surface area (Å²) in [5.74, 6) is -0.386. The first-order valence-electron chi connectivity index (χ1n) is 7.11. The Hall–Kier alpha value is -2.45. The molecule has 6 nitrogen and oxygen atoms in total. The molecule has 0 aromatic carbocycles. The Balaban J connectivity index is 1.51. The summed E-state index contributed by atoms with van der Waals surface area (Å²) in [6.07, 6.45) is 1.53. The minimum absolute atomic E-state index is 0.202. The molecule has 24 heavy (non-hydrogen) atoms. The Morgan fingerprint density at radius 2 is 2.25 bits per heavy atom. The van der Waals surface area contributed by atoms with Gasteiger partial charge in [0.25, 0.3) is 5.91 Å². The van der Waals surface area contributed by atoms with E-state index in [-0.39, 0.29) is 18.3 Å². The van der Waals surface area contributed by atoms with Crippen LogP contribution in [0.5, 0.6) is 0 Å². The van der Waals surface area contributed by atoms with E-state index in [2.05, 4.69) is 10.3 Å². The van der Waals surface area contributed by atoms with Gasteiger partial charge in [-0.15, -0.1) is 11.3 Å². The normalized spacial score (nSPS) is 11.9. The fourth-order valence-electron chi connectivity index (χ4n) is 1.98. The maximum Gasteiger partial charge on any atom is 0.358 e. The summed E-state index contributed by atoms with van der Waals surface area (Å²) in [5, 5.41) is 8.96. The minimum Gasteiger partial charge on any atom is -0.467 e. The zero-order valence-corrected chi connectivity index (χ0v) is 14.4. The first-order chi connectivity index (χ1) is 11.6. The molecule has 3 aromatic heterocycles. The molecule has 124 valence electrons.